The zero-order chi connectivity index (χ0) is 14.8. The van der Waals surface area contributed by atoms with Gasteiger partial charge in [0, 0.05) is 9.17 Å². The van der Waals surface area contributed by atoms with E-state index in [-0.39, 0.29) is 11.9 Å². The molecule has 0 aliphatic rings. The van der Waals surface area contributed by atoms with Crippen molar-refractivity contribution in [3.05, 3.63) is 69.3 Å². The second-order valence-corrected chi connectivity index (χ2v) is 6.61. The molecule has 1 unspecified atom stereocenters. The molecular weight excluding hydrogens is 349 g/mol. The molecule has 0 saturated heterocycles. The lowest BCUT2D eigenvalue weighted by Gasteiger charge is -2.21. The molecule has 1 aromatic heterocycles. The predicted molar refractivity (Wildman–Crippen MR) is 91.4 cm³/mol. The fourth-order valence-corrected chi connectivity index (χ4v) is 4.10. The first-order valence-corrected chi connectivity index (χ1v) is 8.52. The minimum Gasteiger partial charge on any atom is -0.306 e. The van der Waals surface area contributed by atoms with E-state index < -0.39 is 0 Å². The summed E-state index contributed by atoms with van der Waals surface area (Å²) < 4.78 is 15.4. The molecule has 1 atom stereocenters. The highest BCUT2D eigenvalue weighted by Gasteiger charge is 2.19. The molecule has 0 fully saturated rings. The van der Waals surface area contributed by atoms with Gasteiger partial charge < -0.3 is 5.32 Å². The molecule has 0 aliphatic carbocycles. The van der Waals surface area contributed by atoms with Gasteiger partial charge in [-0.25, -0.2) is 4.39 Å². The topological polar surface area (TPSA) is 12.0 Å². The Balaban J connectivity index is 2.15. The van der Waals surface area contributed by atoms with Crippen LogP contribution in [0.2, 0.25) is 0 Å². The summed E-state index contributed by atoms with van der Waals surface area (Å²) in [5.41, 5.74) is 2.29. The lowest BCUT2D eigenvalue weighted by atomic mass is 9.97. The van der Waals surface area contributed by atoms with Crippen molar-refractivity contribution in [2.24, 2.45) is 0 Å². The molecule has 1 heterocycles. The Morgan fingerprint density at radius 3 is 2.81 bits per heavy atom. The third kappa shape index (κ3) is 2.89. The molecular formula is C17H15BrFNS. The molecule has 1 N–H and O–H groups in total. The van der Waals surface area contributed by atoms with Crippen molar-refractivity contribution < 1.29 is 4.39 Å². The normalized spacial score (nSPS) is 12.7. The van der Waals surface area contributed by atoms with E-state index in [1.165, 1.54) is 27.8 Å². The van der Waals surface area contributed by atoms with Crippen LogP contribution in [0.1, 0.15) is 24.1 Å². The fraction of sp³-hybridized carbons (Fsp3) is 0.176. The molecule has 0 bridgehead atoms. The molecule has 0 amide bonds. The van der Waals surface area contributed by atoms with E-state index >= 15 is 0 Å². The van der Waals surface area contributed by atoms with Gasteiger partial charge >= 0.3 is 0 Å². The van der Waals surface area contributed by atoms with Gasteiger partial charge in [-0.3, -0.25) is 0 Å². The Hall–Kier alpha value is -1.23. The molecule has 2 aromatic carbocycles. The average molecular weight is 364 g/mol. The van der Waals surface area contributed by atoms with E-state index in [4.69, 9.17) is 0 Å². The molecule has 1 nitrogen and oxygen atoms in total. The maximum Gasteiger partial charge on any atom is 0.124 e. The van der Waals surface area contributed by atoms with Crippen LogP contribution in [0.15, 0.2) is 52.3 Å². The number of fused-ring (bicyclic) bond motifs is 1. The van der Waals surface area contributed by atoms with Gasteiger partial charge in [0.2, 0.25) is 0 Å². The van der Waals surface area contributed by atoms with Crippen molar-refractivity contribution in [3.8, 4) is 0 Å². The summed E-state index contributed by atoms with van der Waals surface area (Å²) in [5.74, 6) is -0.227. The molecule has 3 rings (SSSR count). The number of benzene rings is 2. The van der Waals surface area contributed by atoms with Crippen LogP contribution in [0, 0.1) is 5.82 Å². The number of thiophene rings is 1. The van der Waals surface area contributed by atoms with Crippen LogP contribution in [0.3, 0.4) is 0 Å². The summed E-state index contributed by atoms with van der Waals surface area (Å²) in [6.45, 7) is 2.93. The second-order valence-electron chi connectivity index (χ2n) is 4.84. The Morgan fingerprint density at radius 1 is 1.19 bits per heavy atom. The lowest BCUT2D eigenvalue weighted by molar-refractivity contribution is 0.613. The summed E-state index contributed by atoms with van der Waals surface area (Å²) >= 11 is 5.24. The van der Waals surface area contributed by atoms with Gasteiger partial charge in [0.15, 0.2) is 0 Å². The zero-order valence-corrected chi connectivity index (χ0v) is 14.0. The maximum atomic E-state index is 13.4. The zero-order valence-electron chi connectivity index (χ0n) is 11.6. The molecule has 4 heteroatoms. The van der Waals surface area contributed by atoms with Gasteiger partial charge in [-0.1, -0.05) is 47.1 Å². The number of halogens is 2. The Morgan fingerprint density at radius 2 is 2.05 bits per heavy atom. The van der Waals surface area contributed by atoms with Crippen LogP contribution in [-0.4, -0.2) is 6.54 Å². The minimum absolute atomic E-state index is 0.0484. The Bertz CT molecular complexity index is 768. The fourth-order valence-electron chi connectivity index (χ4n) is 2.57. The molecule has 0 spiro atoms. The van der Waals surface area contributed by atoms with Gasteiger partial charge in [-0.15, -0.1) is 11.3 Å². The maximum absolute atomic E-state index is 13.4. The molecule has 0 radical (unpaired) electrons. The van der Waals surface area contributed by atoms with E-state index in [1.54, 1.807) is 11.3 Å². The summed E-state index contributed by atoms with van der Waals surface area (Å²) in [6.07, 6.45) is 0. The van der Waals surface area contributed by atoms with E-state index in [0.717, 1.165) is 16.6 Å². The third-order valence-electron chi connectivity index (χ3n) is 3.50. The van der Waals surface area contributed by atoms with E-state index in [9.17, 15) is 4.39 Å². The molecule has 0 aliphatic heterocycles. The number of nitrogens with one attached hydrogen (secondary N) is 1. The smallest absolute Gasteiger partial charge is 0.124 e. The molecule has 0 saturated carbocycles. The highest BCUT2D eigenvalue weighted by molar-refractivity contribution is 9.10. The first kappa shape index (κ1) is 14.7. The van der Waals surface area contributed by atoms with Crippen molar-refractivity contribution in [1.29, 1.82) is 0 Å². The van der Waals surface area contributed by atoms with Gasteiger partial charge in [-0.05, 0) is 46.6 Å². The predicted octanol–water partition coefficient (Wildman–Crippen LogP) is 5.50. The van der Waals surface area contributed by atoms with Crippen molar-refractivity contribution in [2.75, 3.05) is 6.54 Å². The third-order valence-corrected chi connectivity index (χ3v) is 5.17. The van der Waals surface area contributed by atoms with Crippen LogP contribution < -0.4 is 5.32 Å². The van der Waals surface area contributed by atoms with Gasteiger partial charge in [0.1, 0.15) is 5.82 Å². The Labute approximate surface area is 135 Å². The summed E-state index contributed by atoms with van der Waals surface area (Å²) in [6, 6.07) is 13.4. The summed E-state index contributed by atoms with van der Waals surface area (Å²) in [7, 11) is 0. The highest BCUT2D eigenvalue weighted by atomic mass is 79.9. The molecule has 108 valence electrons. The quantitative estimate of drug-likeness (QED) is 0.644. The van der Waals surface area contributed by atoms with Gasteiger partial charge in [0.25, 0.3) is 0 Å². The Kier molecular flexibility index (Phi) is 4.38. The van der Waals surface area contributed by atoms with Crippen molar-refractivity contribution in [3.63, 3.8) is 0 Å². The van der Waals surface area contributed by atoms with E-state index in [0.29, 0.717) is 0 Å². The van der Waals surface area contributed by atoms with Gasteiger partial charge in [0.05, 0.1) is 6.04 Å². The SMILES string of the molecule is CCNC(c1ccc(F)cc1Br)c1cccc2ccsc12. The first-order chi connectivity index (χ1) is 10.2. The van der Waals surface area contributed by atoms with Crippen LogP contribution in [0.4, 0.5) is 4.39 Å². The van der Waals surface area contributed by atoms with E-state index in [1.807, 2.05) is 6.07 Å². The lowest BCUT2D eigenvalue weighted by Crippen LogP contribution is -2.22. The van der Waals surface area contributed by atoms with Crippen molar-refractivity contribution in [1.82, 2.24) is 5.32 Å². The summed E-state index contributed by atoms with van der Waals surface area (Å²) in [5, 5.41) is 6.87. The monoisotopic (exact) mass is 363 g/mol. The van der Waals surface area contributed by atoms with Crippen LogP contribution in [-0.2, 0) is 0 Å². The first-order valence-electron chi connectivity index (χ1n) is 6.85. The van der Waals surface area contributed by atoms with Crippen LogP contribution in [0.25, 0.3) is 10.1 Å². The number of rotatable bonds is 4. The van der Waals surface area contributed by atoms with Crippen molar-refractivity contribution in [2.45, 2.75) is 13.0 Å². The number of hydrogen-bond acceptors (Lipinski definition) is 2. The highest BCUT2D eigenvalue weighted by Crippen LogP contribution is 2.35. The second kappa shape index (κ2) is 6.26. The largest absolute Gasteiger partial charge is 0.306 e. The van der Waals surface area contributed by atoms with Crippen LogP contribution in [0.5, 0.6) is 0 Å². The summed E-state index contributed by atoms with van der Waals surface area (Å²) in [4.78, 5) is 0. The molecule has 3 aromatic rings. The average Bonchev–Trinajstić information content (AvgIpc) is 2.94. The van der Waals surface area contributed by atoms with Crippen molar-refractivity contribution >= 4 is 37.4 Å². The van der Waals surface area contributed by atoms with Crippen LogP contribution >= 0.6 is 27.3 Å². The standard InChI is InChI=1S/C17H15BrFNS/c1-2-20-16(13-7-6-12(19)10-15(13)18)14-5-3-4-11-8-9-21-17(11)14/h3-10,16,20H,2H2,1H3. The van der Waals surface area contributed by atoms with Gasteiger partial charge in [-0.2, -0.15) is 0 Å². The minimum atomic E-state index is -0.227. The number of hydrogen-bond donors (Lipinski definition) is 1. The van der Waals surface area contributed by atoms with E-state index in [2.05, 4.69) is 57.8 Å². The molecule has 21 heavy (non-hydrogen) atoms.